The van der Waals surface area contributed by atoms with Crippen molar-refractivity contribution >= 4 is 21.8 Å². The van der Waals surface area contributed by atoms with Gasteiger partial charge in [-0.3, -0.25) is 4.79 Å². The van der Waals surface area contributed by atoms with Crippen LogP contribution in [-0.2, 0) is 11.0 Å². The van der Waals surface area contributed by atoms with Crippen molar-refractivity contribution in [2.45, 2.75) is 24.6 Å². The Morgan fingerprint density at radius 3 is 2.43 bits per heavy atom. The lowest BCUT2D eigenvalue weighted by molar-refractivity contribution is -0.137. The first-order valence-corrected chi connectivity index (χ1v) is 9.54. The van der Waals surface area contributed by atoms with Crippen molar-refractivity contribution < 1.29 is 27.8 Å². The van der Waals surface area contributed by atoms with E-state index >= 15 is 0 Å². The van der Waals surface area contributed by atoms with Crippen LogP contribution < -0.4 is 10.1 Å². The molecule has 3 atom stereocenters. The summed E-state index contributed by atoms with van der Waals surface area (Å²) in [5.41, 5.74) is 0.340. The molecule has 0 radical (unpaired) electrons. The maximum atomic E-state index is 12.5. The number of carbonyl (C=O) groups excluding carboxylic acids is 1. The second kappa shape index (κ2) is 8.53. The largest absolute Gasteiger partial charge is 0.491 e. The molecule has 1 amide bonds. The van der Waals surface area contributed by atoms with Gasteiger partial charge in [0.05, 0.1) is 5.56 Å². The Bertz CT molecular complexity index is 809. The van der Waals surface area contributed by atoms with E-state index in [1.165, 1.54) is 12.1 Å². The molecule has 28 heavy (non-hydrogen) atoms. The number of amides is 1. The normalized spacial score (nSPS) is 19.8. The summed E-state index contributed by atoms with van der Waals surface area (Å²) >= 11 is 3.37. The van der Waals surface area contributed by atoms with Crippen LogP contribution in [0, 0.1) is 5.92 Å². The third-order valence-corrected chi connectivity index (χ3v) is 5.09. The summed E-state index contributed by atoms with van der Waals surface area (Å²) in [5.74, 6) is 0.176. The molecule has 150 valence electrons. The van der Waals surface area contributed by atoms with Crippen LogP contribution in [0.1, 0.15) is 23.5 Å². The van der Waals surface area contributed by atoms with E-state index in [-0.39, 0.29) is 36.6 Å². The molecular weight excluding hydrogens is 439 g/mol. The van der Waals surface area contributed by atoms with Crippen molar-refractivity contribution in [2.24, 2.45) is 5.92 Å². The van der Waals surface area contributed by atoms with Crippen molar-refractivity contribution in [3.63, 3.8) is 0 Å². The first kappa shape index (κ1) is 20.7. The van der Waals surface area contributed by atoms with Crippen LogP contribution in [0.2, 0.25) is 0 Å². The minimum absolute atomic E-state index is 0.0169. The Balaban J connectivity index is 1.39. The molecule has 3 rings (SSSR count). The monoisotopic (exact) mass is 457 g/mol. The Morgan fingerprint density at radius 2 is 1.82 bits per heavy atom. The lowest BCUT2D eigenvalue weighted by Crippen LogP contribution is -2.36. The second-order valence-corrected chi connectivity index (χ2v) is 7.65. The molecular formula is C20H19BrF3NO3. The first-order chi connectivity index (χ1) is 13.2. The summed E-state index contributed by atoms with van der Waals surface area (Å²) in [6.07, 6.45) is -4.60. The Labute approximate surface area is 168 Å². The number of ether oxygens (including phenoxy) is 1. The number of halogens is 4. The molecule has 3 unspecified atom stereocenters. The Kier molecular flexibility index (Phi) is 6.30. The predicted octanol–water partition coefficient (Wildman–Crippen LogP) is 4.13. The van der Waals surface area contributed by atoms with E-state index < -0.39 is 17.8 Å². The summed E-state index contributed by atoms with van der Waals surface area (Å²) in [6, 6.07) is 12.1. The van der Waals surface area contributed by atoms with Gasteiger partial charge in [-0.25, -0.2) is 0 Å². The van der Waals surface area contributed by atoms with Crippen LogP contribution in [0.4, 0.5) is 13.2 Å². The van der Waals surface area contributed by atoms with Crippen LogP contribution in [0.15, 0.2) is 53.0 Å². The molecule has 0 heterocycles. The number of benzene rings is 2. The number of aliphatic hydroxyl groups excluding tert-OH is 1. The zero-order valence-electron chi connectivity index (χ0n) is 14.7. The zero-order valence-corrected chi connectivity index (χ0v) is 16.3. The minimum Gasteiger partial charge on any atom is -0.491 e. The van der Waals surface area contributed by atoms with E-state index in [1.54, 1.807) is 0 Å². The van der Waals surface area contributed by atoms with E-state index in [0.29, 0.717) is 0 Å². The average Bonchev–Trinajstić information content (AvgIpc) is 3.45. The lowest BCUT2D eigenvalue weighted by atomic mass is 10.1. The van der Waals surface area contributed by atoms with Crippen molar-refractivity contribution in [2.75, 3.05) is 13.2 Å². The van der Waals surface area contributed by atoms with E-state index in [2.05, 4.69) is 21.2 Å². The zero-order chi connectivity index (χ0) is 20.3. The van der Waals surface area contributed by atoms with Gasteiger partial charge >= 0.3 is 6.18 Å². The molecule has 2 aromatic carbocycles. The van der Waals surface area contributed by atoms with Gasteiger partial charge in [0, 0.05) is 16.9 Å². The highest BCUT2D eigenvalue weighted by atomic mass is 79.9. The van der Waals surface area contributed by atoms with Gasteiger partial charge in [0.25, 0.3) is 0 Å². The van der Waals surface area contributed by atoms with Crippen molar-refractivity contribution in [1.82, 2.24) is 5.32 Å². The number of aliphatic hydroxyl groups is 1. The third kappa shape index (κ3) is 5.48. The summed E-state index contributed by atoms with van der Waals surface area (Å²) in [5, 5.41) is 12.6. The van der Waals surface area contributed by atoms with Gasteiger partial charge in [-0.15, -0.1) is 0 Å². The van der Waals surface area contributed by atoms with E-state index in [4.69, 9.17) is 4.74 Å². The molecule has 0 bridgehead atoms. The van der Waals surface area contributed by atoms with Crippen LogP contribution in [0.25, 0.3) is 0 Å². The fraction of sp³-hybridized carbons (Fsp3) is 0.350. The third-order valence-electron chi connectivity index (χ3n) is 4.56. The molecule has 0 aromatic heterocycles. The molecule has 2 N–H and O–H groups in total. The molecule has 4 nitrogen and oxygen atoms in total. The highest BCUT2D eigenvalue weighted by Crippen LogP contribution is 2.47. The van der Waals surface area contributed by atoms with Gasteiger partial charge in [0.1, 0.15) is 18.5 Å². The predicted molar refractivity (Wildman–Crippen MR) is 101 cm³/mol. The van der Waals surface area contributed by atoms with Crippen LogP contribution >= 0.6 is 15.9 Å². The van der Waals surface area contributed by atoms with Crippen molar-refractivity contribution in [1.29, 1.82) is 0 Å². The maximum Gasteiger partial charge on any atom is 0.416 e. The summed E-state index contributed by atoms with van der Waals surface area (Å²) in [4.78, 5) is 12.2. The van der Waals surface area contributed by atoms with E-state index in [9.17, 15) is 23.1 Å². The van der Waals surface area contributed by atoms with Crippen LogP contribution in [0.3, 0.4) is 0 Å². The number of rotatable bonds is 7. The lowest BCUT2D eigenvalue weighted by Gasteiger charge is -2.14. The molecule has 1 saturated carbocycles. The quantitative estimate of drug-likeness (QED) is 0.657. The van der Waals surface area contributed by atoms with Crippen LogP contribution in [0.5, 0.6) is 5.75 Å². The van der Waals surface area contributed by atoms with E-state index in [1.807, 2.05) is 24.3 Å². The molecule has 0 saturated heterocycles. The maximum absolute atomic E-state index is 12.5. The van der Waals surface area contributed by atoms with Gasteiger partial charge in [-0.1, -0.05) is 28.1 Å². The number of hydrogen-bond donors (Lipinski definition) is 2. The smallest absolute Gasteiger partial charge is 0.416 e. The van der Waals surface area contributed by atoms with Gasteiger partial charge in [0.2, 0.25) is 5.91 Å². The molecule has 0 spiro atoms. The summed E-state index contributed by atoms with van der Waals surface area (Å²) in [7, 11) is 0. The van der Waals surface area contributed by atoms with Crippen LogP contribution in [-0.4, -0.2) is 30.3 Å². The Morgan fingerprint density at radius 1 is 1.18 bits per heavy atom. The molecule has 8 heteroatoms. The number of alkyl halides is 3. The number of nitrogens with one attached hydrogen (secondary N) is 1. The SMILES string of the molecule is O=C(NCC(O)COc1ccc(C(F)(F)F)cc1)C1CC1c1ccc(Br)cc1. The van der Waals surface area contributed by atoms with Crippen molar-refractivity contribution in [3.05, 3.63) is 64.1 Å². The molecule has 2 aromatic rings. The van der Waals surface area contributed by atoms with Gasteiger partial charge < -0.3 is 15.2 Å². The average molecular weight is 458 g/mol. The van der Waals surface area contributed by atoms with Gasteiger partial charge in [-0.2, -0.15) is 13.2 Å². The highest BCUT2D eigenvalue weighted by Gasteiger charge is 2.43. The standard InChI is InChI=1S/C20H19BrF3NO3/c21-14-5-1-12(2-6-14)17-9-18(17)19(27)25-10-15(26)11-28-16-7-3-13(4-8-16)20(22,23)24/h1-8,15,17-18,26H,9-11H2,(H,25,27). The fourth-order valence-corrected chi connectivity index (χ4v) is 3.17. The summed E-state index contributed by atoms with van der Waals surface area (Å²) < 4.78 is 43.8. The number of hydrogen-bond acceptors (Lipinski definition) is 3. The molecule has 0 aliphatic heterocycles. The topological polar surface area (TPSA) is 58.6 Å². The second-order valence-electron chi connectivity index (χ2n) is 6.73. The first-order valence-electron chi connectivity index (χ1n) is 8.75. The molecule has 1 aliphatic carbocycles. The Hall–Kier alpha value is -2.06. The molecule has 1 aliphatic rings. The van der Waals surface area contributed by atoms with Gasteiger partial charge in [-0.05, 0) is 54.3 Å². The van der Waals surface area contributed by atoms with Crippen molar-refractivity contribution in [3.8, 4) is 5.75 Å². The minimum atomic E-state index is -4.40. The van der Waals surface area contributed by atoms with Gasteiger partial charge in [0.15, 0.2) is 0 Å². The number of carbonyl (C=O) groups is 1. The van der Waals surface area contributed by atoms with E-state index in [0.717, 1.165) is 28.6 Å². The molecule has 1 fully saturated rings. The fourth-order valence-electron chi connectivity index (χ4n) is 2.90. The summed E-state index contributed by atoms with van der Waals surface area (Å²) in [6.45, 7) is -0.116. The highest BCUT2D eigenvalue weighted by molar-refractivity contribution is 9.10.